The number of rotatable bonds is 11. The lowest BCUT2D eigenvalue weighted by Crippen LogP contribution is -2.47. The van der Waals surface area contributed by atoms with Gasteiger partial charge < -0.3 is 14.7 Å². The number of ether oxygens (including phenoxy) is 1. The average Bonchev–Trinajstić information content (AvgIpc) is 3.04. The molecule has 8 nitrogen and oxygen atoms in total. The summed E-state index contributed by atoms with van der Waals surface area (Å²) in [5.74, 6) is -0.476. The van der Waals surface area contributed by atoms with Crippen LogP contribution >= 0.6 is 11.6 Å². The fraction of sp³-hybridized carbons (Fsp3) is 0.444. The Hall–Kier alpha value is -3.10. The third-order valence-corrected chi connectivity index (χ3v) is 7.26. The Morgan fingerprint density at radius 3 is 2.44 bits per heavy atom. The summed E-state index contributed by atoms with van der Waals surface area (Å²) in [7, 11) is 1.61. The van der Waals surface area contributed by atoms with Crippen LogP contribution < -0.4 is 4.74 Å². The van der Waals surface area contributed by atoms with Crippen molar-refractivity contribution in [1.29, 1.82) is 0 Å². The van der Waals surface area contributed by atoms with Crippen molar-refractivity contribution < 1.29 is 24.2 Å². The lowest BCUT2D eigenvalue weighted by molar-refractivity contribution is -0.147. The highest BCUT2D eigenvalue weighted by Crippen LogP contribution is 2.33. The third kappa shape index (κ3) is 6.17. The van der Waals surface area contributed by atoms with Crippen molar-refractivity contribution in [3.63, 3.8) is 0 Å². The number of benzene rings is 2. The van der Waals surface area contributed by atoms with Gasteiger partial charge in [-0.15, -0.1) is 0 Å². The van der Waals surface area contributed by atoms with Crippen LogP contribution in [0.15, 0.2) is 42.5 Å². The largest absolute Gasteiger partial charge is 0.491 e. The Labute approximate surface area is 216 Å². The zero-order valence-corrected chi connectivity index (χ0v) is 21.4. The van der Waals surface area contributed by atoms with E-state index in [1.807, 2.05) is 43.3 Å². The molecule has 2 aliphatic rings. The first-order valence-corrected chi connectivity index (χ1v) is 12.6. The van der Waals surface area contributed by atoms with Gasteiger partial charge in [0.15, 0.2) is 0 Å². The molecular weight excluding hydrogens is 482 g/mol. The highest BCUT2D eigenvalue weighted by molar-refractivity contribution is 6.30. The number of carboxylic acids is 1. The minimum Gasteiger partial charge on any atom is -0.491 e. The van der Waals surface area contributed by atoms with E-state index in [0.717, 1.165) is 30.6 Å². The summed E-state index contributed by atoms with van der Waals surface area (Å²) in [5, 5.41) is 10.0. The second kappa shape index (κ2) is 11.3. The van der Waals surface area contributed by atoms with Gasteiger partial charge in [0.25, 0.3) is 0 Å². The van der Waals surface area contributed by atoms with Crippen molar-refractivity contribution in [3.8, 4) is 5.75 Å². The fourth-order valence-electron chi connectivity index (χ4n) is 4.74. The topological polar surface area (TPSA) is 90.4 Å². The molecule has 0 unspecified atom stereocenters. The Morgan fingerprint density at radius 1 is 1.14 bits per heavy atom. The van der Waals surface area contributed by atoms with E-state index in [1.165, 1.54) is 15.4 Å². The molecule has 1 saturated heterocycles. The van der Waals surface area contributed by atoms with Gasteiger partial charge in [0.1, 0.15) is 18.9 Å². The summed E-state index contributed by atoms with van der Waals surface area (Å²) in [6.45, 7) is 4.07. The van der Waals surface area contributed by atoms with Crippen molar-refractivity contribution in [2.75, 3.05) is 33.3 Å². The normalized spacial score (nSPS) is 19.7. The molecule has 192 valence electrons. The number of carbonyl (C=O) groups is 3. The number of nitrogens with zero attached hydrogens (tertiary/aromatic N) is 3. The van der Waals surface area contributed by atoms with Crippen LogP contribution in [0.25, 0.3) is 0 Å². The molecule has 0 aromatic heterocycles. The quantitative estimate of drug-likeness (QED) is 0.459. The van der Waals surface area contributed by atoms with Gasteiger partial charge in [0, 0.05) is 31.2 Å². The zero-order valence-electron chi connectivity index (χ0n) is 20.7. The zero-order chi connectivity index (χ0) is 25.8. The summed E-state index contributed by atoms with van der Waals surface area (Å²) in [6, 6.07) is 13.8. The summed E-state index contributed by atoms with van der Waals surface area (Å²) in [4.78, 5) is 40.2. The number of likely N-dealkylation sites (N-methyl/N-ethyl adjacent to an activating group) is 1. The number of aryl methyl sites for hydroxylation is 1. The van der Waals surface area contributed by atoms with Crippen LogP contribution in [0, 0.1) is 12.8 Å². The second-order valence-electron chi connectivity index (χ2n) is 9.64. The van der Waals surface area contributed by atoms with E-state index in [2.05, 4.69) is 11.0 Å². The predicted octanol–water partition coefficient (Wildman–Crippen LogP) is 3.83. The molecule has 4 rings (SSSR count). The SMILES string of the molecule is Cc1cc(CN(CCc2ccc(Cl)cc2)C2CC(C(=O)O)C2)ccc1OCCN1C(=O)CN(C)C1=O. The Bertz CT molecular complexity index is 1120. The molecule has 9 heteroatoms. The Morgan fingerprint density at radius 2 is 1.83 bits per heavy atom. The van der Waals surface area contributed by atoms with Gasteiger partial charge in [-0.05, 0) is 61.1 Å². The first kappa shape index (κ1) is 26.0. The Kier molecular flexibility index (Phi) is 8.16. The first-order chi connectivity index (χ1) is 17.2. The molecule has 0 bridgehead atoms. The number of imide groups is 1. The van der Waals surface area contributed by atoms with E-state index in [1.54, 1.807) is 7.05 Å². The van der Waals surface area contributed by atoms with Crippen LogP contribution in [0.4, 0.5) is 4.79 Å². The van der Waals surface area contributed by atoms with Gasteiger partial charge in [-0.2, -0.15) is 0 Å². The second-order valence-corrected chi connectivity index (χ2v) is 10.1. The van der Waals surface area contributed by atoms with Crippen LogP contribution in [0.3, 0.4) is 0 Å². The number of urea groups is 1. The maximum Gasteiger partial charge on any atom is 0.327 e. The number of carbonyl (C=O) groups excluding carboxylic acids is 2. The molecule has 0 radical (unpaired) electrons. The maximum absolute atomic E-state index is 12.0. The van der Waals surface area contributed by atoms with Crippen molar-refractivity contribution >= 4 is 29.5 Å². The molecule has 2 aromatic carbocycles. The van der Waals surface area contributed by atoms with Crippen LogP contribution in [0.2, 0.25) is 5.02 Å². The predicted molar refractivity (Wildman–Crippen MR) is 136 cm³/mol. The number of amides is 3. The fourth-order valence-corrected chi connectivity index (χ4v) is 4.87. The van der Waals surface area contributed by atoms with Gasteiger partial charge in [-0.3, -0.25) is 19.4 Å². The summed E-state index contributed by atoms with van der Waals surface area (Å²) >= 11 is 6.01. The van der Waals surface area contributed by atoms with Crippen LogP contribution in [0.5, 0.6) is 5.75 Å². The van der Waals surface area contributed by atoms with Gasteiger partial charge in [0.05, 0.1) is 12.5 Å². The van der Waals surface area contributed by atoms with E-state index < -0.39 is 5.97 Å². The van der Waals surface area contributed by atoms with Crippen molar-refractivity contribution in [2.24, 2.45) is 5.92 Å². The van der Waals surface area contributed by atoms with E-state index in [-0.39, 0.29) is 43.6 Å². The van der Waals surface area contributed by atoms with E-state index in [0.29, 0.717) is 23.6 Å². The van der Waals surface area contributed by atoms with Gasteiger partial charge in [-0.1, -0.05) is 35.9 Å². The monoisotopic (exact) mass is 513 g/mol. The van der Waals surface area contributed by atoms with Gasteiger partial charge >= 0.3 is 12.0 Å². The van der Waals surface area contributed by atoms with Crippen molar-refractivity contribution in [2.45, 2.75) is 38.8 Å². The standard InChI is InChI=1S/C27H32ClN3O5/c1-18-13-20(5-8-24(18)36-12-11-31-25(32)17-29(2)27(31)35)16-30(23-14-21(15-23)26(33)34)10-9-19-3-6-22(28)7-4-19/h3-8,13,21,23H,9-12,14-17H2,1-2H3,(H,33,34). The van der Waals surface area contributed by atoms with Crippen LogP contribution in [0.1, 0.15) is 29.5 Å². The van der Waals surface area contributed by atoms with Crippen LogP contribution in [-0.2, 0) is 22.6 Å². The number of halogens is 1. The van der Waals surface area contributed by atoms with E-state index in [9.17, 15) is 19.5 Å². The highest BCUT2D eigenvalue weighted by Gasteiger charge is 2.38. The average molecular weight is 514 g/mol. The lowest BCUT2D eigenvalue weighted by Gasteiger charge is -2.41. The van der Waals surface area contributed by atoms with Crippen molar-refractivity contribution in [1.82, 2.24) is 14.7 Å². The summed E-state index contributed by atoms with van der Waals surface area (Å²) in [5.41, 5.74) is 3.29. The molecule has 0 atom stereocenters. The molecule has 1 saturated carbocycles. The molecule has 36 heavy (non-hydrogen) atoms. The molecule has 1 N–H and O–H groups in total. The molecule has 1 heterocycles. The molecule has 2 fully saturated rings. The molecule has 0 spiro atoms. The summed E-state index contributed by atoms with van der Waals surface area (Å²) in [6.07, 6.45) is 2.19. The third-order valence-electron chi connectivity index (χ3n) is 7.01. The summed E-state index contributed by atoms with van der Waals surface area (Å²) < 4.78 is 5.87. The lowest BCUT2D eigenvalue weighted by atomic mass is 9.79. The number of hydrogen-bond donors (Lipinski definition) is 1. The molecular formula is C27H32ClN3O5. The van der Waals surface area contributed by atoms with E-state index in [4.69, 9.17) is 16.3 Å². The van der Waals surface area contributed by atoms with Crippen molar-refractivity contribution in [3.05, 3.63) is 64.2 Å². The van der Waals surface area contributed by atoms with E-state index >= 15 is 0 Å². The minimum absolute atomic E-state index is 0.106. The minimum atomic E-state index is -0.717. The van der Waals surface area contributed by atoms with Crippen LogP contribution in [-0.4, -0.2) is 77.0 Å². The molecule has 1 aliphatic carbocycles. The first-order valence-electron chi connectivity index (χ1n) is 12.2. The molecule has 1 aliphatic heterocycles. The maximum atomic E-state index is 12.0. The number of aliphatic carboxylic acids is 1. The number of hydrogen-bond acceptors (Lipinski definition) is 5. The van der Waals surface area contributed by atoms with Gasteiger partial charge in [-0.25, -0.2) is 4.79 Å². The molecule has 3 amide bonds. The van der Waals surface area contributed by atoms with Gasteiger partial charge in [0.2, 0.25) is 5.91 Å². The highest BCUT2D eigenvalue weighted by atomic mass is 35.5. The molecule has 2 aromatic rings. The smallest absolute Gasteiger partial charge is 0.327 e. The number of carboxylic acid groups (broad SMARTS) is 1. The Balaban J connectivity index is 1.35.